The molecule has 0 atom stereocenters. The molecule has 0 unspecified atom stereocenters. The van der Waals surface area contributed by atoms with Crippen molar-refractivity contribution in [1.82, 2.24) is 10.9 Å². The van der Waals surface area contributed by atoms with Gasteiger partial charge in [0.05, 0.1) is 6.54 Å². The van der Waals surface area contributed by atoms with Crippen LogP contribution >= 0.6 is 0 Å². The van der Waals surface area contributed by atoms with E-state index in [-0.39, 0.29) is 0 Å². The molecule has 0 amide bonds. The van der Waals surface area contributed by atoms with Crippen molar-refractivity contribution in [2.75, 3.05) is 13.1 Å². The monoisotopic (exact) mass is 189 g/mol. The van der Waals surface area contributed by atoms with Gasteiger partial charge in [0.15, 0.2) is 0 Å². The van der Waals surface area contributed by atoms with Gasteiger partial charge in [-0.2, -0.15) is 0 Å². The van der Waals surface area contributed by atoms with Crippen LogP contribution in [0.25, 0.3) is 0 Å². The van der Waals surface area contributed by atoms with Crippen molar-refractivity contribution >= 4 is 5.84 Å². The zero-order valence-corrected chi connectivity index (χ0v) is 8.16. The molecule has 0 aromatic heterocycles. The van der Waals surface area contributed by atoms with E-state index in [1.54, 1.807) is 0 Å². The van der Waals surface area contributed by atoms with E-state index in [1.807, 2.05) is 6.07 Å². The lowest BCUT2D eigenvalue weighted by atomic mass is 10.1. The average Bonchev–Trinajstić information content (AvgIpc) is 2.29. The number of hydrogen-bond donors (Lipinski definition) is 2. The molecule has 1 aromatic rings. The summed E-state index contributed by atoms with van der Waals surface area (Å²) in [6.07, 6.45) is 2.03. The van der Waals surface area contributed by atoms with Crippen LogP contribution in [0.2, 0.25) is 0 Å². The first-order valence-corrected chi connectivity index (χ1v) is 5.01. The largest absolute Gasteiger partial charge is 0.310 e. The molecule has 1 aliphatic rings. The Morgan fingerprint density at radius 1 is 1.14 bits per heavy atom. The first-order chi connectivity index (χ1) is 6.95. The molecule has 3 heteroatoms. The summed E-state index contributed by atoms with van der Waals surface area (Å²) in [7, 11) is 0. The van der Waals surface area contributed by atoms with Gasteiger partial charge in [0.25, 0.3) is 0 Å². The Balaban J connectivity index is 1.85. The Kier molecular flexibility index (Phi) is 3.14. The van der Waals surface area contributed by atoms with E-state index in [0.717, 1.165) is 31.8 Å². The number of hydrazine groups is 1. The fourth-order valence-corrected chi connectivity index (χ4v) is 1.50. The van der Waals surface area contributed by atoms with Crippen molar-refractivity contribution < 1.29 is 0 Å². The van der Waals surface area contributed by atoms with Crippen LogP contribution in [0.4, 0.5) is 0 Å². The third-order valence-corrected chi connectivity index (χ3v) is 2.27. The summed E-state index contributed by atoms with van der Waals surface area (Å²) in [5.41, 5.74) is 7.54. The van der Waals surface area contributed by atoms with Crippen LogP contribution in [0.15, 0.2) is 35.3 Å². The van der Waals surface area contributed by atoms with Crippen molar-refractivity contribution in [3.05, 3.63) is 35.9 Å². The second-order valence-electron chi connectivity index (χ2n) is 3.37. The highest BCUT2D eigenvalue weighted by Gasteiger charge is 2.02. The van der Waals surface area contributed by atoms with Crippen LogP contribution < -0.4 is 10.9 Å². The molecule has 0 saturated carbocycles. The molecule has 0 fully saturated rings. The third-order valence-electron chi connectivity index (χ3n) is 2.27. The first kappa shape index (κ1) is 9.21. The summed E-state index contributed by atoms with van der Waals surface area (Å²) < 4.78 is 0. The molecule has 1 aromatic carbocycles. The maximum absolute atomic E-state index is 4.39. The lowest BCUT2D eigenvalue weighted by Gasteiger charge is -2.15. The van der Waals surface area contributed by atoms with E-state index in [1.165, 1.54) is 5.56 Å². The fourth-order valence-electron chi connectivity index (χ4n) is 1.50. The van der Waals surface area contributed by atoms with Crippen LogP contribution in [-0.2, 0) is 6.42 Å². The summed E-state index contributed by atoms with van der Waals surface area (Å²) in [4.78, 5) is 4.39. The van der Waals surface area contributed by atoms with E-state index in [0.29, 0.717) is 0 Å². The fraction of sp³-hybridized carbons (Fsp3) is 0.364. The van der Waals surface area contributed by atoms with Crippen LogP contribution in [0.3, 0.4) is 0 Å². The van der Waals surface area contributed by atoms with Gasteiger partial charge in [0.2, 0.25) is 0 Å². The van der Waals surface area contributed by atoms with Crippen LogP contribution in [-0.4, -0.2) is 18.9 Å². The standard InChI is InChI=1S/C11H15N3/c1-2-4-10(5-3-1)6-7-11-12-8-9-13-14-11/h1-5,13H,6-9H2,(H,12,14). The molecule has 1 heterocycles. The smallest absolute Gasteiger partial charge is 0.111 e. The predicted octanol–water partition coefficient (Wildman–Crippen LogP) is 1.13. The van der Waals surface area contributed by atoms with Crippen LogP contribution in [0.5, 0.6) is 0 Å². The van der Waals surface area contributed by atoms with Crippen molar-refractivity contribution in [2.24, 2.45) is 4.99 Å². The molecule has 14 heavy (non-hydrogen) atoms. The minimum Gasteiger partial charge on any atom is -0.310 e. The number of nitrogens with one attached hydrogen (secondary N) is 2. The maximum Gasteiger partial charge on any atom is 0.111 e. The quantitative estimate of drug-likeness (QED) is 0.747. The lowest BCUT2D eigenvalue weighted by molar-refractivity contribution is 0.614. The number of amidine groups is 1. The van der Waals surface area contributed by atoms with Gasteiger partial charge in [-0.3, -0.25) is 4.99 Å². The van der Waals surface area contributed by atoms with Crippen molar-refractivity contribution in [3.8, 4) is 0 Å². The summed E-state index contributed by atoms with van der Waals surface area (Å²) in [6.45, 7) is 1.81. The number of nitrogens with zero attached hydrogens (tertiary/aromatic N) is 1. The Hall–Kier alpha value is -1.35. The van der Waals surface area contributed by atoms with Crippen LogP contribution in [0.1, 0.15) is 12.0 Å². The molecule has 2 rings (SSSR count). The number of aliphatic imine (C=N–C) groups is 1. The summed E-state index contributed by atoms with van der Waals surface area (Å²) in [5, 5.41) is 0. The number of rotatable bonds is 3. The minimum absolute atomic E-state index is 0.886. The zero-order chi connectivity index (χ0) is 9.64. The Morgan fingerprint density at radius 2 is 2.00 bits per heavy atom. The van der Waals surface area contributed by atoms with Gasteiger partial charge in [-0.25, -0.2) is 5.43 Å². The van der Waals surface area contributed by atoms with Gasteiger partial charge in [0, 0.05) is 13.0 Å². The number of hydrogen-bond acceptors (Lipinski definition) is 3. The molecule has 0 bridgehead atoms. The predicted molar refractivity (Wildman–Crippen MR) is 58.2 cm³/mol. The SMILES string of the molecule is c1ccc(CCC2=NCCNN2)cc1. The van der Waals surface area contributed by atoms with E-state index in [9.17, 15) is 0 Å². The Bertz CT molecular complexity index is 306. The molecular formula is C11H15N3. The summed E-state index contributed by atoms with van der Waals surface area (Å²) in [5.74, 6) is 1.07. The van der Waals surface area contributed by atoms with E-state index in [2.05, 4.69) is 40.1 Å². The molecule has 1 aliphatic heterocycles. The normalized spacial score (nSPS) is 15.9. The molecule has 74 valence electrons. The maximum atomic E-state index is 4.39. The first-order valence-electron chi connectivity index (χ1n) is 5.01. The van der Waals surface area contributed by atoms with Crippen molar-refractivity contribution in [2.45, 2.75) is 12.8 Å². The van der Waals surface area contributed by atoms with Gasteiger partial charge in [-0.05, 0) is 12.0 Å². The van der Waals surface area contributed by atoms with Crippen molar-refractivity contribution in [1.29, 1.82) is 0 Å². The highest BCUT2D eigenvalue weighted by molar-refractivity contribution is 5.82. The second kappa shape index (κ2) is 4.77. The Labute approximate surface area is 84.2 Å². The molecule has 2 N–H and O–H groups in total. The Morgan fingerprint density at radius 3 is 2.71 bits per heavy atom. The highest BCUT2D eigenvalue weighted by Crippen LogP contribution is 2.02. The summed E-state index contributed by atoms with van der Waals surface area (Å²) >= 11 is 0. The molecule has 0 aliphatic carbocycles. The zero-order valence-electron chi connectivity index (χ0n) is 8.16. The average molecular weight is 189 g/mol. The van der Waals surface area contributed by atoms with Gasteiger partial charge in [0.1, 0.15) is 5.84 Å². The van der Waals surface area contributed by atoms with Gasteiger partial charge >= 0.3 is 0 Å². The second-order valence-corrected chi connectivity index (χ2v) is 3.37. The van der Waals surface area contributed by atoms with Crippen molar-refractivity contribution in [3.63, 3.8) is 0 Å². The number of benzene rings is 1. The molecule has 0 saturated heterocycles. The van der Waals surface area contributed by atoms with E-state index >= 15 is 0 Å². The van der Waals surface area contributed by atoms with Gasteiger partial charge in [-0.1, -0.05) is 30.3 Å². The van der Waals surface area contributed by atoms with E-state index < -0.39 is 0 Å². The molecular weight excluding hydrogens is 174 g/mol. The molecule has 3 nitrogen and oxygen atoms in total. The molecule has 0 spiro atoms. The topological polar surface area (TPSA) is 36.4 Å². The summed E-state index contributed by atoms with van der Waals surface area (Å²) in [6, 6.07) is 10.5. The third kappa shape index (κ3) is 2.57. The van der Waals surface area contributed by atoms with Gasteiger partial charge < -0.3 is 5.43 Å². The van der Waals surface area contributed by atoms with Gasteiger partial charge in [-0.15, -0.1) is 0 Å². The lowest BCUT2D eigenvalue weighted by Crippen LogP contribution is -2.43. The number of aryl methyl sites for hydroxylation is 1. The minimum atomic E-state index is 0.886. The van der Waals surface area contributed by atoms with Crippen LogP contribution in [0, 0.1) is 0 Å². The molecule has 0 radical (unpaired) electrons. The van der Waals surface area contributed by atoms with E-state index in [4.69, 9.17) is 0 Å². The highest BCUT2D eigenvalue weighted by atomic mass is 15.4.